The lowest BCUT2D eigenvalue weighted by Crippen LogP contribution is -2.39. The van der Waals surface area contributed by atoms with E-state index in [-0.39, 0.29) is 0 Å². The van der Waals surface area contributed by atoms with Gasteiger partial charge < -0.3 is 29.4 Å². The van der Waals surface area contributed by atoms with E-state index in [9.17, 15) is 10.5 Å². The molecule has 0 unspecified atom stereocenters. The Morgan fingerprint density at radius 3 is 0.611 bits per heavy atom. The predicted octanol–water partition coefficient (Wildman–Crippen LogP) is 31.0. The molecule has 0 aromatic heterocycles. The molecule has 594 valence electrons. The number of rotatable bonds is 20. The zero-order valence-electron chi connectivity index (χ0n) is 68.9. The van der Waals surface area contributed by atoms with Gasteiger partial charge in [-0.15, -0.1) is 0 Å². The van der Waals surface area contributed by atoms with Crippen LogP contribution in [-0.2, 0) is 10.8 Å². The second-order valence-corrected chi connectivity index (χ2v) is 31.7. The Morgan fingerprint density at radius 2 is 0.381 bits per heavy atom. The molecular weight excluding hydrogens is 1530 g/mol. The Hall–Kier alpha value is -17.0. The number of benzene rings is 19. The number of nitriles is 2. The third-order valence-corrected chi connectivity index (χ3v) is 24.7. The van der Waals surface area contributed by atoms with Crippen molar-refractivity contribution in [3.63, 3.8) is 0 Å². The highest BCUT2D eigenvalue weighted by Crippen LogP contribution is 2.66. The lowest BCUT2D eigenvalue weighted by molar-refractivity contribution is 0.730. The molecule has 8 heteroatoms. The number of para-hydroxylation sites is 8. The number of anilines is 18. The van der Waals surface area contributed by atoms with Crippen LogP contribution in [0, 0.1) is 22.7 Å². The Balaban J connectivity index is 0.954. The molecular formula is C118H82N8. The van der Waals surface area contributed by atoms with Crippen LogP contribution in [0.2, 0.25) is 0 Å². The van der Waals surface area contributed by atoms with Gasteiger partial charge in [0.2, 0.25) is 0 Å². The molecule has 19 aromatic carbocycles. The molecule has 0 spiro atoms. The number of fused-ring (bicyclic) bond motifs is 4. The molecule has 0 bridgehead atoms. The Kier molecular flexibility index (Phi) is 20.1. The molecule has 19 aromatic rings. The monoisotopic (exact) mass is 1610 g/mol. The minimum absolute atomic E-state index is 0.466. The summed E-state index contributed by atoms with van der Waals surface area (Å²) in [4.78, 5) is 14.4. The average Bonchev–Trinajstić information content (AvgIpc) is 0.676. The van der Waals surface area contributed by atoms with Gasteiger partial charge in [0, 0.05) is 79.4 Å². The Labute approximate surface area is 735 Å². The highest BCUT2D eigenvalue weighted by molar-refractivity contribution is 6.07. The molecule has 0 N–H and O–H groups in total. The molecule has 2 heterocycles. The van der Waals surface area contributed by atoms with Crippen LogP contribution in [0.3, 0.4) is 0 Å². The van der Waals surface area contributed by atoms with Gasteiger partial charge in [-0.25, -0.2) is 0 Å². The van der Waals surface area contributed by atoms with E-state index in [4.69, 9.17) is 0 Å². The van der Waals surface area contributed by atoms with Crippen molar-refractivity contribution >= 4 is 102 Å². The molecule has 0 saturated carbocycles. The summed E-state index contributed by atoms with van der Waals surface area (Å²) in [6.07, 6.45) is 0. The van der Waals surface area contributed by atoms with E-state index in [0.29, 0.717) is 16.7 Å². The Morgan fingerprint density at radius 1 is 0.183 bits per heavy atom. The van der Waals surface area contributed by atoms with Gasteiger partial charge in [0.15, 0.2) is 0 Å². The van der Waals surface area contributed by atoms with Crippen molar-refractivity contribution in [2.75, 3.05) is 29.4 Å². The molecule has 0 atom stereocenters. The second kappa shape index (κ2) is 33.2. The van der Waals surface area contributed by atoms with Gasteiger partial charge in [-0.1, -0.05) is 303 Å². The Bertz CT molecular complexity index is 6340. The van der Waals surface area contributed by atoms with Crippen molar-refractivity contribution in [3.8, 4) is 34.4 Å². The number of nitrogens with zero attached hydrogens (tertiary/aromatic N) is 8. The van der Waals surface area contributed by atoms with Gasteiger partial charge in [-0.2, -0.15) is 10.5 Å². The van der Waals surface area contributed by atoms with Gasteiger partial charge in [-0.05, 0) is 250 Å². The first-order chi connectivity index (χ1) is 62.5. The number of hydrogen-bond acceptors (Lipinski definition) is 8. The van der Waals surface area contributed by atoms with Crippen LogP contribution < -0.4 is 29.4 Å². The van der Waals surface area contributed by atoms with Crippen molar-refractivity contribution < 1.29 is 0 Å². The molecule has 0 fully saturated rings. The molecule has 0 saturated heterocycles. The summed E-state index contributed by atoms with van der Waals surface area (Å²) in [5, 5.41) is 24.1. The lowest BCUT2D eigenvalue weighted by Gasteiger charge is -2.49. The van der Waals surface area contributed by atoms with Crippen LogP contribution >= 0.6 is 0 Å². The van der Waals surface area contributed by atoms with Crippen LogP contribution in [0.4, 0.5) is 102 Å². The highest BCUT2D eigenvalue weighted by atomic mass is 15.2. The van der Waals surface area contributed by atoms with Gasteiger partial charge in [-0.3, -0.25) is 0 Å². The van der Waals surface area contributed by atoms with E-state index >= 15 is 0 Å². The summed E-state index contributed by atoms with van der Waals surface area (Å²) in [6.45, 7) is 0. The van der Waals surface area contributed by atoms with Gasteiger partial charge in [0.1, 0.15) is 0 Å². The third-order valence-electron chi connectivity index (χ3n) is 24.7. The lowest BCUT2D eigenvalue weighted by atomic mass is 9.62. The van der Waals surface area contributed by atoms with Crippen molar-refractivity contribution in [2.24, 2.45) is 0 Å². The van der Waals surface area contributed by atoms with Crippen molar-refractivity contribution in [2.45, 2.75) is 10.8 Å². The molecule has 8 nitrogen and oxygen atoms in total. The fraction of sp³-hybridized carbons (Fsp3) is 0.0169. The largest absolute Gasteiger partial charge is 0.310 e. The predicted molar refractivity (Wildman–Crippen MR) is 519 cm³/mol. The van der Waals surface area contributed by atoms with E-state index in [1.54, 1.807) is 0 Å². The molecule has 0 amide bonds. The molecule has 21 rings (SSSR count). The molecule has 2 aliphatic rings. The zero-order chi connectivity index (χ0) is 84.3. The van der Waals surface area contributed by atoms with Crippen LogP contribution in [0.25, 0.3) is 22.3 Å². The fourth-order valence-electron chi connectivity index (χ4n) is 19.5. The van der Waals surface area contributed by atoms with Crippen molar-refractivity contribution in [1.82, 2.24) is 0 Å². The average molecular weight is 1610 g/mol. The first-order valence-electron chi connectivity index (χ1n) is 42.7. The van der Waals surface area contributed by atoms with Crippen LogP contribution in [0.1, 0.15) is 55.6 Å². The SMILES string of the molecule is N#Cc1ccccc1-c1cc(N2c3ccc(N(c4ccccc4)c4ccccc4)cc3C(c3ccccc3)(c3ccccc3)c3cc(N(c4ccccc4)c4ccccc4)ccc32)c(-c2ccccc2C#N)c(N2c3ccc(N(c4ccccc4)c4ccccc4)cc3C(c3ccccc3)(c3ccccc3)c3cc(N(c4ccccc4)c4ccccc4)ccc32)c1. The van der Waals surface area contributed by atoms with Gasteiger partial charge in [0.25, 0.3) is 0 Å². The smallest absolute Gasteiger partial charge is 0.0998 e. The van der Waals surface area contributed by atoms with Crippen molar-refractivity contribution in [3.05, 3.63) is 553 Å². The molecule has 2 aliphatic heterocycles. The molecule has 0 aliphatic carbocycles. The maximum Gasteiger partial charge on any atom is 0.0998 e. The normalized spacial score (nSPS) is 12.5. The molecule has 0 radical (unpaired) electrons. The minimum atomic E-state index is -1.11. The maximum atomic E-state index is 12.3. The van der Waals surface area contributed by atoms with Crippen molar-refractivity contribution in [1.29, 1.82) is 10.5 Å². The summed E-state index contributed by atoms with van der Waals surface area (Å²) in [7, 11) is 0. The van der Waals surface area contributed by atoms with Gasteiger partial charge >= 0.3 is 0 Å². The fourth-order valence-corrected chi connectivity index (χ4v) is 19.5. The summed E-state index contributed by atoms with van der Waals surface area (Å²) >= 11 is 0. The first-order valence-corrected chi connectivity index (χ1v) is 42.7. The van der Waals surface area contributed by atoms with E-state index < -0.39 is 10.8 Å². The van der Waals surface area contributed by atoms with Crippen LogP contribution in [0.5, 0.6) is 0 Å². The second-order valence-electron chi connectivity index (χ2n) is 31.7. The van der Waals surface area contributed by atoms with E-state index in [0.717, 1.165) is 164 Å². The van der Waals surface area contributed by atoms with E-state index in [2.05, 4.69) is 509 Å². The number of hydrogen-bond donors (Lipinski definition) is 0. The first kappa shape index (κ1) is 76.4. The summed E-state index contributed by atoms with van der Waals surface area (Å²) in [6, 6.07) is 184. The van der Waals surface area contributed by atoms with E-state index in [1.807, 2.05) is 30.3 Å². The summed E-state index contributed by atoms with van der Waals surface area (Å²) in [5.41, 5.74) is 26.5. The van der Waals surface area contributed by atoms with Crippen LogP contribution in [0.15, 0.2) is 497 Å². The minimum Gasteiger partial charge on any atom is -0.310 e. The summed E-state index contributed by atoms with van der Waals surface area (Å²) in [5.74, 6) is 0. The standard InChI is InChI=1S/C118H82N8/c119-83-85-41-37-39-67-104(85)87-77-114(125-110-73-69-100(121(92-51-21-5-22-52-92)93-53-23-6-24-54-93)79-106(110)117(88-43-13-1-14-44-88,89-45-15-2-16-46-89)107-80-101(70-74-111(107)125)122(94-55-25-7-26-56-94)95-57-27-8-28-58-95)116(105-68-40-38-42-86(105)84-120)115(78-87)126-112-75-71-102(123(96-59-29-9-30-60-96)97-61-31-10-32-62-97)81-108(112)118(90-47-17-3-18-48-90,91-49-19-4-20-50-91)109-82-103(72-76-113(109)126)124(98-63-33-11-34-64-98)99-65-35-12-36-66-99/h1-82H. The third kappa shape index (κ3) is 13.3. The van der Waals surface area contributed by atoms with E-state index in [1.165, 1.54) is 0 Å². The highest BCUT2D eigenvalue weighted by Gasteiger charge is 2.51. The topological polar surface area (TPSA) is 67.0 Å². The molecule has 126 heavy (non-hydrogen) atoms. The van der Waals surface area contributed by atoms with Crippen LogP contribution in [-0.4, -0.2) is 0 Å². The quantitative estimate of drug-likeness (QED) is 0.0748. The summed E-state index contributed by atoms with van der Waals surface area (Å²) < 4.78 is 0. The maximum absolute atomic E-state index is 12.3. The van der Waals surface area contributed by atoms with Gasteiger partial charge in [0.05, 0.1) is 68.2 Å². The zero-order valence-corrected chi connectivity index (χ0v) is 68.9.